The van der Waals surface area contributed by atoms with E-state index in [0.717, 1.165) is 4.90 Å². The molecular weight excluding hydrogens is 412 g/mol. The number of aliphatic hydroxyl groups excluding tert-OH is 3. The molecule has 1 aromatic heterocycles. The number of aromatic nitrogens is 2. The Kier molecular flexibility index (Phi) is 5.51. The van der Waals surface area contributed by atoms with Crippen molar-refractivity contribution >= 4 is 39.8 Å². The lowest BCUT2D eigenvalue weighted by Gasteiger charge is -2.38. The van der Waals surface area contributed by atoms with Crippen molar-refractivity contribution in [3.05, 3.63) is 35.9 Å². The molecule has 1 aliphatic heterocycles. The summed E-state index contributed by atoms with van der Waals surface area (Å²) in [6, 6.07) is 8.11. The minimum absolute atomic E-state index is 0.0421. The highest BCUT2D eigenvalue weighted by Crippen LogP contribution is 2.33. The molecule has 30 heavy (non-hydrogen) atoms. The fourth-order valence-corrected chi connectivity index (χ4v) is 3.94. The second kappa shape index (κ2) is 7.97. The van der Waals surface area contributed by atoms with E-state index in [4.69, 9.17) is 9.47 Å². The number of nitrogens with zero attached hydrogens (tertiary/aromatic N) is 2. The third kappa shape index (κ3) is 3.46. The average Bonchev–Trinajstić information content (AvgIpc) is 2.73. The lowest BCUT2D eigenvalue weighted by Crippen LogP contribution is -2.58. The van der Waals surface area contributed by atoms with Crippen LogP contribution in [0, 0.1) is 0 Å². The molecule has 0 saturated carbocycles. The SMILES string of the molecule is CSc1ccc(C(=O)O)c2nc3cccc(O[C@@H]4O[C@H](C)[C@H](O)[C@@H](O)[C@H]4O)c3nc12. The summed E-state index contributed by atoms with van der Waals surface area (Å²) in [4.78, 5) is 21.5. The fraction of sp³-hybridized carbons (Fsp3) is 0.350. The Bertz CT molecular complexity index is 1130. The first-order valence-electron chi connectivity index (χ1n) is 9.19. The van der Waals surface area contributed by atoms with E-state index in [1.54, 1.807) is 31.2 Å². The number of carboxylic acids is 1. The van der Waals surface area contributed by atoms with Crippen molar-refractivity contribution in [1.29, 1.82) is 0 Å². The lowest BCUT2D eigenvalue weighted by molar-refractivity contribution is -0.267. The fourth-order valence-electron chi connectivity index (χ4n) is 3.40. The maximum atomic E-state index is 11.6. The van der Waals surface area contributed by atoms with Gasteiger partial charge in [0, 0.05) is 4.90 Å². The van der Waals surface area contributed by atoms with Crippen molar-refractivity contribution in [3.8, 4) is 5.75 Å². The lowest BCUT2D eigenvalue weighted by atomic mass is 10.00. The van der Waals surface area contributed by atoms with Gasteiger partial charge in [-0.1, -0.05) is 6.07 Å². The van der Waals surface area contributed by atoms with E-state index >= 15 is 0 Å². The summed E-state index contributed by atoms with van der Waals surface area (Å²) in [5.41, 5.74) is 1.48. The van der Waals surface area contributed by atoms with Crippen LogP contribution in [0.25, 0.3) is 22.1 Å². The molecule has 9 nitrogen and oxygen atoms in total. The van der Waals surface area contributed by atoms with Gasteiger partial charge in [0.25, 0.3) is 0 Å². The molecular formula is C20H20N2O7S. The molecule has 1 fully saturated rings. The Labute approximate surface area is 175 Å². The predicted molar refractivity (Wildman–Crippen MR) is 109 cm³/mol. The minimum atomic E-state index is -1.47. The maximum absolute atomic E-state index is 11.6. The van der Waals surface area contributed by atoms with Crippen LogP contribution >= 0.6 is 11.8 Å². The van der Waals surface area contributed by atoms with Gasteiger partial charge in [-0.2, -0.15) is 0 Å². The Morgan fingerprint density at radius 3 is 2.50 bits per heavy atom. The van der Waals surface area contributed by atoms with Crippen LogP contribution in [0.5, 0.6) is 5.75 Å². The molecule has 0 bridgehead atoms. The predicted octanol–water partition coefficient (Wildman–Crippen LogP) is 1.41. The summed E-state index contributed by atoms with van der Waals surface area (Å²) in [6.07, 6.45) is -4.27. The van der Waals surface area contributed by atoms with Gasteiger partial charge in [-0.3, -0.25) is 0 Å². The zero-order chi connectivity index (χ0) is 21.6. The van der Waals surface area contributed by atoms with Crippen molar-refractivity contribution < 1.29 is 34.7 Å². The zero-order valence-corrected chi connectivity index (χ0v) is 16.9. The number of hydrogen-bond donors (Lipinski definition) is 4. The molecule has 1 saturated heterocycles. The molecule has 0 radical (unpaired) electrons. The normalized spacial score (nSPS) is 26.8. The number of aliphatic hydroxyl groups is 3. The van der Waals surface area contributed by atoms with E-state index in [9.17, 15) is 25.2 Å². The van der Waals surface area contributed by atoms with Crippen LogP contribution in [0.15, 0.2) is 35.2 Å². The Balaban J connectivity index is 1.83. The molecule has 5 atom stereocenters. The summed E-state index contributed by atoms with van der Waals surface area (Å²) in [5.74, 6) is -0.858. The number of hydrogen-bond acceptors (Lipinski definition) is 9. The summed E-state index contributed by atoms with van der Waals surface area (Å²) in [6.45, 7) is 1.56. The van der Waals surface area contributed by atoms with Crippen molar-refractivity contribution in [1.82, 2.24) is 9.97 Å². The number of carboxylic acid groups (broad SMARTS) is 1. The highest BCUT2D eigenvalue weighted by Gasteiger charge is 2.43. The molecule has 0 amide bonds. The molecule has 3 aromatic rings. The minimum Gasteiger partial charge on any atom is -0.478 e. The van der Waals surface area contributed by atoms with Gasteiger partial charge in [0.15, 0.2) is 5.75 Å². The van der Waals surface area contributed by atoms with Crippen molar-refractivity contribution in [2.45, 2.75) is 42.5 Å². The summed E-state index contributed by atoms with van der Waals surface area (Å²) in [5, 5.41) is 39.6. The zero-order valence-electron chi connectivity index (χ0n) is 16.1. The molecule has 4 N–H and O–H groups in total. The molecule has 1 aliphatic rings. The van der Waals surface area contributed by atoms with Crippen LogP contribution in [0.3, 0.4) is 0 Å². The number of benzene rings is 2. The molecule has 0 unspecified atom stereocenters. The van der Waals surface area contributed by atoms with E-state index in [1.165, 1.54) is 17.8 Å². The molecule has 4 rings (SSSR count). The summed E-state index contributed by atoms with van der Waals surface area (Å²) >= 11 is 1.41. The third-order valence-corrected chi connectivity index (χ3v) is 5.82. The van der Waals surface area contributed by atoms with E-state index in [0.29, 0.717) is 16.6 Å². The monoisotopic (exact) mass is 432 g/mol. The molecule has 158 valence electrons. The number of ether oxygens (including phenoxy) is 2. The first kappa shape index (κ1) is 20.8. The first-order valence-corrected chi connectivity index (χ1v) is 10.4. The van der Waals surface area contributed by atoms with E-state index in [-0.39, 0.29) is 16.8 Å². The summed E-state index contributed by atoms with van der Waals surface area (Å²) in [7, 11) is 0. The topological polar surface area (TPSA) is 142 Å². The van der Waals surface area contributed by atoms with E-state index in [1.807, 2.05) is 6.26 Å². The van der Waals surface area contributed by atoms with Gasteiger partial charge in [0.2, 0.25) is 6.29 Å². The molecule has 2 heterocycles. The second-order valence-corrected chi connectivity index (χ2v) is 7.81. The van der Waals surface area contributed by atoms with Gasteiger partial charge >= 0.3 is 5.97 Å². The Morgan fingerprint density at radius 1 is 1.03 bits per heavy atom. The van der Waals surface area contributed by atoms with Gasteiger partial charge in [-0.15, -0.1) is 11.8 Å². The quantitative estimate of drug-likeness (QED) is 0.353. The second-order valence-electron chi connectivity index (χ2n) is 6.96. The average molecular weight is 432 g/mol. The molecule has 10 heteroatoms. The van der Waals surface area contributed by atoms with Gasteiger partial charge in [0.1, 0.15) is 34.9 Å². The Morgan fingerprint density at radius 2 is 1.80 bits per heavy atom. The smallest absolute Gasteiger partial charge is 0.337 e. The summed E-state index contributed by atoms with van der Waals surface area (Å²) < 4.78 is 11.3. The standard InChI is InChI=1S/C20H20N2O7S/c1-8-16(23)17(24)18(25)20(28-8)29-11-5-3-4-10-14(11)22-15-12(30-2)7-6-9(19(26)27)13(15)21-10/h3-8,16-18,20,23-25H,1-2H3,(H,26,27)/t8-,16+,17-,18-,20+/m1/s1. The van der Waals surface area contributed by atoms with Crippen molar-refractivity contribution in [2.75, 3.05) is 6.26 Å². The van der Waals surface area contributed by atoms with Crippen LogP contribution in [-0.4, -0.2) is 73.3 Å². The number of fused-ring (bicyclic) bond motifs is 2. The molecule has 2 aromatic carbocycles. The molecule has 0 spiro atoms. The van der Waals surface area contributed by atoms with Gasteiger partial charge in [-0.25, -0.2) is 14.8 Å². The van der Waals surface area contributed by atoms with Gasteiger partial charge < -0.3 is 29.9 Å². The van der Waals surface area contributed by atoms with Crippen molar-refractivity contribution in [3.63, 3.8) is 0 Å². The number of aromatic carboxylic acids is 1. The van der Waals surface area contributed by atoms with Gasteiger partial charge in [-0.05, 0) is 37.4 Å². The van der Waals surface area contributed by atoms with Crippen LogP contribution in [0.4, 0.5) is 0 Å². The number of rotatable bonds is 4. The van der Waals surface area contributed by atoms with Crippen LogP contribution in [0.1, 0.15) is 17.3 Å². The van der Waals surface area contributed by atoms with E-state index in [2.05, 4.69) is 9.97 Å². The molecule has 0 aliphatic carbocycles. The third-order valence-electron chi connectivity index (χ3n) is 5.05. The number of carbonyl (C=O) groups is 1. The maximum Gasteiger partial charge on any atom is 0.337 e. The Hall–Kier alpha value is -2.50. The van der Waals surface area contributed by atoms with Crippen LogP contribution in [-0.2, 0) is 4.74 Å². The van der Waals surface area contributed by atoms with Crippen molar-refractivity contribution in [2.24, 2.45) is 0 Å². The van der Waals surface area contributed by atoms with Crippen LogP contribution < -0.4 is 4.74 Å². The number of para-hydroxylation sites is 1. The van der Waals surface area contributed by atoms with Gasteiger partial charge in [0.05, 0.1) is 17.2 Å². The highest BCUT2D eigenvalue weighted by molar-refractivity contribution is 7.98. The highest BCUT2D eigenvalue weighted by atomic mass is 32.2. The largest absolute Gasteiger partial charge is 0.478 e. The first-order chi connectivity index (χ1) is 14.3. The number of thioether (sulfide) groups is 1. The van der Waals surface area contributed by atoms with E-state index < -0.39 is 36.7 Å². The van der Waals surface area contributed by atoms with Crippen LogP contribution in [0.2, 0.25) is 0 Å².